The zero-order valence-electron chi connectivity index (χ0n) is 10.1. The molecule has 1 nitrogen and oxygen atoms in total. The smallest absolute Gasteiger partial charge is 0.0611 e. The van der Waals surface area contributed by atoms with Crippen LogP contribution in [0.1, 0.15) is 46.5 Å². The van der Waals surface area contributed by atoms with Crippen LogP contribution < -0.4 is 0 Å². The Kier molecular flexibility index (Phi) is 1.77. The van der Waals surface area contributed by atoms with E-state index in [1.165, 1.54) is 24.8 Å². The lowest BCUT2D eigenvalue weighted by molar-refractivity contribution is 0.0961. The Morgan fingerprint density at radius 3 is 2.87 bits per heavy atom. The predicted molar refractivity (Wildman–Crippen MR) is 61.4 cm³/mol. The highest BCUT2D eigenvalue weighted by molar-refractivity contribution is 5.29. The van der Waals surface area contributed by atoms with Crippen molar-refractivity contribution in [3.63, 3.8) is 0 Å². The zero-order chi connectivity index (χ0) is 10.8. The minimum atomic E-state index is -0.0554. The van der Waals surface area contributed by atoms with Crippen molar-refractivity contribution in [3.05, 3.63) is 11.6 Å². The van der Waals surface area contributed by atoms with E-state index in [9.17, 15) is 5.11 Å². The number of hydrogen-bond donors (Lipinski definition) is 1. The fraction of sp³-hybridized carbons (Fsp3) is 0.857. The molecule has 0 saturated heterocycles. The molecule has 0 radical (unpaired) electrons. The largest absolute Gasteiger partial charge is 0.392 e. The van der Waals surface area contributed by atoms with Crippen LogP contribution in [0.5, 0.6) is 0 Å². The van der Waals surface area contributed by atoms with Gasteiger partial charge in [0.05, 0.1) is 6.10 Å². The van der Waals surface area contributed by atoms with Gasteiger partial charge < -0.3 is 5.11 Å². The van der Waals surface area contributed by atoms with Crippen molar-refractivity contribution >= 4 is 0 Å². The van der Waals surface area contributed by atoms with Crippen LogP contribution in [0.3, 0.4) is 0 Å². The first-order chi connectivity index (χ1) is 6.95. The van der Waals surface area contributed by atoms with E-state index in [0.29, 0.717) is 16.7 Å². The van der Waals surface area contributed by atoms with Crippen molar-refractivity contribution < 1.29 is 5.11 Å². The summed E-state index contributed by atoms with van der Waals surface area (Å²) in [5.41, 5.74) is 2.41. The van der Waals surface area contributed by atoms with Gasteiger partial charge in [-0.3, -0.25) is 0 Å². The van der Waals surface area contributed by atoms with E-state index >= 15 is 0 Å². The Morgan fingerprint density at radius 2 is 2.13 bits per heavy atom. The van der Waals surface area contributed by atoms with Crippen molar-refractivity contribution in [3.8, 4) is 0 Å². The number of aliphatic hydroxyl groups is 1. The highest BCUT2D eigenvalue weighted by Crippen LogP contribution is 2.68. The summed E-state index contributed by atoms with van der Waals surface area (Å²) in [6.45, 7) is 7.02. The van der Waals surface area contributed by atoms with Gasteiger partial charge in [0.15, 0.2) is 0 Å². The molecule has 0 aromatic carbocycles. The van der Waals surface area contributed by atoms with E-state index in [1.54, 1.807) is 0 Å². The molecule has 1 spiro atoms. The fourth-order valence-corrected chi connectivity index (χ4v) is 5.03. The average molecular weight is 206 g/mol. The maximum Gasteiger partial charge on any atom is 0.0611 e. The summed E-state index contributed by atoms with van der Waals surface area (Å²) < 4.78 is 0. The SMILES string of the molecule is CC1=C[C@@H]2CC(C)(C)C[C@@]23CC[C@@H](O)[C@@H]13. The highest BCUT2D eigenvalue weighted by atomic mass is 16.3. The maximum atomic E-state index is 10.1. The standard InChI is InChI=1S/C14H22O/c1-9-6-10-7-13(2,3)8-14(10)5-4-11(15)12(9)14/h6,10-12,15H,4-5,7-8H2,1-3H3/t10-,11-,12-,14+/m1/s1. The molecule has 1 N–H and O–H groups in total. The van der Waals surface area contributed by atoms with Crippen LogP contribution in [0.4, 0.5) is 0 Å². The molecule has 0 heterocycles. The van der Waals surface area contributed by atoms with Crippen LogP contribution in [-0.4, -0.2) is 11.2 Å². The topological polar surface area (TPSA) is 20.2 Å². The molecule has 84 valence electrons. The van der Waals surface area contributed by atoms with Crippen LogP contribution in [0.15, 0.2) is 11.6 Å². The molecule has 0 aromatic rings. The van der Waals surface area contributed by atoms with Gasteiger partial charge in [-0.1, -0.05) is 25.5 Å². The van der Waals surface area contributed by atoms with Gasteiger partial charge in [0, 0.05) is 5.92 Å². The summed E-state index contributed by atoms with van der Waals surface area (Å²) in [6.07, 6.45) is 7.35. The van der Waals surface area contributed by atoms with Gasteiger partial charge in [0.25, 0.3) is 0 Å². The average Bonchev–Trinajstić information content (AvgIpc) is 2.59. The first-order valence-electron chi connectivity index (χ1n) is 6.31. The summed E-state index contributed by atoms with van der Waals surface area (Å²) in [5, 5.41) is 10.1. The zero-order valence-corrected chi connectivity index (χ0v) is 10.1. The van der Waals surface area contributed by atoms with E-state index in [4.69, 9.17) is 0 Å². The lowest BCUT2D eigenvalue weighted by Crippen LogP contribution is -2.29. The van der Waals surface area contributed by atoms with Gasteiger partial charge >= 0.3 is 0 Å². The minimum Gasteiger partial charge on any atom is -0.392 e. The first-order valence-corrected chi connectivity index (χ1v) is 6.31. The van der Waals surface area contributed by atoms with E-state index in [0.717, 1.165) is 12.3 Å². The molecule has 4 atom stereocenters. The van der Waals surface area contributed by atoms with Crippen molar-refractivity contribution in [1.29, 1.82) is 0 Å². The Balaban J connectivity index is 2.03. The molecule has 0 aromatic heterocycles. The molecule has 3 aliphatic carbocycles. The Morgan fingerprint density at radius 1 is 1.40 bits per heavy atom. The predicted octanol–water partition coefficient (Wildman–Crippen LogP) is 3.14. The molecule has 2 saturated carbocycles. The molecule has 0 unspecified atom stereocenters. The van der Waals surface area contributed by atoms with E-state index in [2.05, 4.69) is 26.8 Å². The van der Waals surface area contributed by atoms with Crippen LogP contribution in [0.25, 0.3) is 0 Å². The Labute approximate surface area is 92.6 Å². The lowest BCUT2D eigenvalue weighted by Gasteiger charge is -2.33. The molecule has 3 aliphatic rings. The molecular formula is C14H22O. The van der Waals surface area contributed by atoms with Crippen molar-refractivity contribution in [2.45, 2.75) is 52.6 Å². The Hall–Kier alpha value is -0.300. The number of hydrogen-bond acceptors (Lipinski definition) is 1. The second kappa shape index (κ2) is 2.68. The van der Waals surface area contributed by atoms with E-state index in [-0.39, 0.29) is 6.10 Å². The summed E-state index contributed by atoms with van der Waals surface area (Å²) >= 11 is 0. The third kappa shape index (κ3) is 1.13. The van der Waals surface area contributed by atoms with Crippen molar-refractivity contribution in [2.24, 2.45) is 22.7 Å². The molecule has 1 heteroatoms. The maximum absolute atomic E-state index is 10.1. The lowest BCUT2D eigenvalue weighted by atomic mass is 9.72. The first kappa shape index (κ1) is 9.89. The highest BCUT2D eigenvalue weighted by Gasteiger charge is 2.61. The summed E-state index contributed by atoms with van der Waals surface area (Å²) in [5.74, 6) is 1.25. The second-order valence-corrected chi connectivity index (χ2v) is 6.88. The minimum absolute atomic E-state index is 0.0554. The van der Waals surface area contributed by atoms with Crippen LogP contribution >= 0.6 is 0 Å². The molecule has 15 heavy (non-hydrogen) atoms. The third-order valence-corrected chi connectivity index (χ3v) is 5.18. The van der Waals surface area contributed by atoms with E-state index < -0.39 is 0 Å². The van der Waals surface area contributed by atoms with Crippen molar-refractivity contribution in [1.82, 2.24) is 0 Å². The number of allylic oxidation sites excluding steroid dienone is 1. The quantitative estimate of drug-likeness (QED) is 0.604. The molecular weight excluding hydrogens is 184 g/mol. The molecule has 2 fully saturated rings. The monoisotopic (exact) mass is 206 g/mol. The van der Waals surface area contributed by atoms with Gasteiger partial charge in [-0.15, -0.1) is 0 Å². The van der Waals surface area contributed by atoms with Gasteiger partial charge in [0.2, 0.25) is 0 Å². The summed E-state index contributed by atoms with van der Waals surface area (Å²) in [4.78, 5) is 0. The summed E-state index contributed by atoms with van der Waals surface area (Å²) in [7, 11) is 0. The number of aliphatic hydroxyl groups excluding tert-OH is 1. The second-order valence-electron chi connectivity index (χ2n) is 6.88. The van der Waals surface area contributed by atoms with Gasteiger partial charge in [-0.05, 0) is 49.4 Å². The van der Waals surface area contributed by atoms with Gasteiger partial charge in [0.1, 0.15) is 0 Å². The summed E-state index contributed by atoms with van der Waals surface area (Å²) in [6, 6.07) is 0. The third-order valence-electron chi connectivity index (χ3n) is 5.18. The van der Waals surface area contributed by atoms with Crippen molar-refractivity contribution in [2.75, 3.05) is 0 Å². The van der Waals surface area contributed by atoms with E-state index in [1.807, 2.05) is 0 Å². The molecule has 0 aliphatic heterocycles. The van der Waals surface area contributed by atoms with Gasteiger partial charge in [-0.25, -0.2) is 0 Å². The normalized spacial score (nSPS) is 51.5. The van der Waals surface area contributed by atoms with Crippen LogP contribution in [-0.2, 0) is 0 Å². The molecule has 3 rings (SSSR count). The molecule has 0 bridgehead atoms. The fourth-order valence-electron chi connectivity index (χ4n) is 5.03. The van der Waals surface area contributed by atoms with Gasteiger partial charge in [-0.2, -0.15) is 0 Å². The van der Waals surface area contributed by atoms with Crippen LogP contribution in [0, 0.1) is 22.7 Å². The van der Waals surface area contributed by atoms with Crippen LogP contribution in [0.2, 0.25) is 0 Å². The Bertz CT molecular complexity index is 328. The molecule has 0 amide bonds. The number of rotatable bonds is 0.